The second kappa shape index (κ2) is 6.11. The van der Waals surface area contributed by atoms with Crippen molar-refractivity contribution in [2.75, 3.05) is 18.0 Å². The van der Waals surface area contributed by atoms with E-state index in [1.165, 1.54) is 11.3 Å². The zero-order valence-corrected chi connectivity index (χ0v) is 13.8. The third kappa shape index (κ3) is 3.65. The summed E-state index contributed by atoms with van der Waals surface area (Å²) >= 11 is 1.44. The summed E-state index contributed by atoms with van der Waals surface area (Å²) in [4.78, 5) is 11.9. The first kappa shape index (κ1) is 16.2. The van der Waals surface area contributed by atoms with Crippen molar-refractivity contribution < 1.29 is 13.2 Å². The number of aryl methyl sites for hydroxylation is 1. The summed E-state index contributed by atoms with van der Waals surface area (Å²) in [5.74, 6) is 0.627. The van der Waals surface area contributed by atoms with Crippen molar-refractivity contribution in [2.45, 2.75) is 32.9 Å². The molecular weight excluding hydrogens is 323 g/mol. The maximum absolute atomic E-state index is 13.2. The highest BCUT2D eigenvalue weighted by atomic mass is 32.1. The van der Waals surface area contributed by atoms with Crippen LogP contribution in [-0.4, -0.2) is 23.1 Å². The fourth-order valence-electron chi connectivity index (χ4n) is 2.79. The summed E-state index contributed by atoms with van der Waals surface area (Å²) < 4.78 is 39.6. The molecule has 1 aliphatic rings. The Morgan fingerprint density at radius 2 is 2.04 bits per heavy atom. The molecule has 0 amide bonds. The van der Waals surface area contributed by atoms with Gasteiger partial charge in [-0.05, 0) is 43.9 Å². The van der Waals surface area contributed by atoms with E-state index in [1.54, 1.807) is 0 Å². The van der Waals surface area contributed by atoms with E-state index >= 15 is 0 Å². The van der Waals surface area contributed by atoms with Gasteiger partial charge in [0.2, 0.25) is 5.95 Å². The third-order valence-electron chi connectivity index (χ3n) is 3.94. The Kier molecular flexibility index (Phi) is 4.31. The van der Waals surface area contributed by atoms with Crippen LogP contribution in [0.5, 0.6) is 0 Å². The highest BCUT2D eigenvalue weighted by Crippen LogP contribution is 2.34. The fourth-order valence-corrected chi connectivity index (χ4v) is 3.62. The number of piperidine rings is 1. The first-order valence-electron chi connectivity index (χ1n) is 7.61. The third-order valence-corrected chi connectivity index (χ3v) is 4.96. The molecular formula is C16H18F3N3S. The van der Waals surface area contributed by atoms with Crippen LogP contribution < -0.4 is 4.90 Å². The van der Waals surface area contributed by atoms with Crippen molar-refractivity contribution in [1.82, 2.24) is 9.97 Å². The van der Waals surface area contributed by atoms with Crippen molar-refractivity contribution >= 4 is 17.3 Å². The molecule has 23 heavy (non-hydrogen) atoms. The van der Waals surface area contributed by atoms with Gasteiger partial charge in [0.25, 0.3) is 0 Å². The monoisotopic (exact) mass is 341 g/mol. The van der Waals surface area contributed by atoms with Gasteiger partial charge in [-0.25, -0.2) is 9.97 Å². The number of thiophene rings is 1. The molecule has 0 bridgehead atoms. The minimum Gasteiger partial charge on any atom is -0.341 e. The number of anilines is 1. The van der Waals surface area contributed by atoms with E-state index in [2.05, 4.69) is 16.9 Å². The Labute approximate surface area is 137 Å². The molecule has 7 heteroatoms. The van der Waals surface area contributed by atoms with E-state index in [9.17, 15) is 13.2 Å². The van der Waals surface area contributed by atoms with Crippen LogP contribution in [0, 0.1) is 12.8 Å². The Bertz CT molecular complexity index is 696. The minimum absolute atomic E-state index is 0.187. The number of hydrogen-bond donors (Lipinski definition) is 0. The van der Waals surface area contributed by atoms with Crippen LogP contribution >= 0.6 is 11.3 Å². The topological polar surface area (TPSA) is 29.0 Å². The summed E-state index contributed by atoms with van der Waals surface area (Å²) in [5.41, 5.74) is -0.527. The summed E-state index contributed by atoms with van der Waals surface area (Å²) in [6.07, 6.45) is -2.43. The van der Waals surface area contributed by atoms with Gasteiger partial charge in [-0.3, -0.25) is 0 Å². The number of halogens is 3. The average molecular weight is 341 g/mol. The van der Waals surface area contributed by atoms with Crippen LogP contribution in [0.4, 0.5) is 19.1 Å². The molecule has 0 unspecified atom stereocenters. The van der Waals surface area contributed by atoms with Crippen LogP contribution in [-0.2, 0) is 6.18 Å². The molecule has 0 N–H and O–H groups in total. The predicted octanol–water partition coefficient (Wildman–Crippen LogP) is 4.77. The lowest BCUT2D eigenvalue weighted by atomic mass is 10.0. The zero-order valence-electron chi connectivity index (χ0n) is 13.0. The lowest BCUT2D eigenvalue weighted by Gasteiger charge is -2.31. The van der Waals surface area contributed by atoms with Crippen molar-refractivity contribution in [3.63, 3.8) is 0 Å². The molecule has 3 heterocycles. The van der Waals surface area contributed by atoms with E-state index in [0.29, 0.717) is 24.7 Å². The van der Waals surface area contributed by atoms with Crippen LogP contribution in [0.1, 0.15) is 30.3 Å². The van der Waals surface area contributed by atoms with Crippen LogP contribution in [0.25, 0.3) is 10.6 Å². The van der Waals surface area contributed by atoms with Crippen molar-refractivity contribution in [3.8, 4) is 10.6 Å². The van der Waals surface area contributed by atoms with Gasteiger partial charge < -0.3 is 4.90 Å². The lowest BCUT2D eigenvalue weighted by Crippen LogP contribution is -2.36. The summed E-state index contributed by atoms with van der Waals surface area (Å²) in [6.45, 7) is 5.43. The maximum atomic E-state index is 13.2. The summed E-state index contributed by atoms with van der Waals surface area (Å²) in [7, 11) is 0. The molecule has 3 rings (SSSR count). The van der Waals surface area contributed by atoms with E-state index in [4.69, 9.17) is 0 Å². The Morgan fingerprint density at radius 3 is 2.65 bits per heavy atom. The first-order chi connectivity index (χ1) is 10.8. The van der Waals surface area contributed by atoms with Gasteiger partial charge in [-0.2, -0.15) is 13.2 Å². The normalized spacial score (nSPS) is 19.2. The van der Waals surface area contributed by atoms with E-state index in [0.717, 1.165) is 28.7 Å². The van der Waals surface area contributed by atoms with E-state index in [-0.39, 0.29) is 5.95 Å². The van der Waals surface area contributed by atoms with Crippen molar-refractivity contribution in [2.24, 2.45) is 5.92 Å². The van der Waals surface area contributed by atoms with Gasteiger partial charge >= 0.3 is 6.18 Å². The SMILES string of the molecule is Cc1ccc(-c2cc(C(F)(F)F)nc(N3CCC[C@@H](C)C3)n2)s1. The molecule has 0 saturated carbocycles. The Hall–Kier alpha value is -1.63. The molecule has 1 atom stereocenters. The molecule has 1 aliphatic heterocycles. The molecule has 0 aromatic carbocycles. The lowest BCUT2D eigenvalue weighted by molar-refractivity contribution is -0.141. The summed E-state index contributed by atoms with van der Waals surface area (Å²) in [5, 5.41) is 0. The first-order valence-corrected chi connectivity index (χ1v) is 8.42. The predicted molar refractivity (Wildman–Crippen MR) is 85.7 cm³/mol. The summed E-state index contributed by atoms with van der Waals surface area (Å²) in [6, 6.07) is 4.74. The maximum Gasteiger partial charge on any atom is 0.433 e. The molecule has 0 radical (unpaired) electrons. The van der Waals surface area contributed by atoms with Gasteiger partial charge in [-0.1, -0.05) is 6.92 Å². The quantitative estimate of drug-likeness (QED) is 0.788. The van der Waals surface area contributed by atoms with Crippen LogP contribution in [0.3, 0.4) is 0 Å². The molecule has 2 aromatic heterocycles. The van der Waals surface area contributed by atoms with E-state index < -0.39 is 11.9 Å². The minimum atomic E-state index is -4.47. The molecule has 1 saturated heterocycles. The highest BCUT2D eigenvalue weighted by Gasteiger charge is 2.34. The number of hydrogen-bond acceptors (Lipinski definition) is 4. The molecule has 0 spiro atoms. The smallest absolute Gasteiger partial charge is 0.341 e. The Balaban J connectivity index is 2.04. The number of alkyl halides is 3. The second-order valence-corrected chi connectivity index (χ2v) is 7.33. The van der Waals surface area contributed by atoms with Crippen LogP contribution in [0.15, 0.2) is 18.2 Å². The van der Waals surface area contributed by atoms with Crippen molar-refractivity contribution in [3.05, 3.63) is 28.8 Å². The van der Waals surface area contributed by atoms with Gasteiger partial charge in [-0.15, -0.1) is 11.3 Å². The fraction of sp³-hybridized carbons (Fsp3) is 0.500. The number of nitrogens with zero attached hydrogens (tertiary/aromatic N) is 3. The number of rotatable bonds is 2. The largest absolute Gasteiger partial charge is 0.433 e. The Morgan fingerprint density at radius 1 is 1.26 bits per heavy atom. The average Bonchev–Trinajstić information content (AvgIpc) is 2.92. The highest BCUT2D eigenvalue weighted by molar-refractivity contribution is 7.15. The number of aromatic nitrogens is 2. The van der Waals surface area contributed by atoms with Gasteiger partial charge in [0.05, 0.1) is 10.6 Å². The van der Waals surface area contributed by atoms with Gasteiger partial charge in [0.1, 0.15) is 0 Å². The zero-order chi connectivity index (χ0) is 16.6. The molecule has 124 valence electrons. The second-order valence-electron chi connectivity index (χ2n) is 6.04. The molecule has 0 aliphatic carbocycles. The molecule has 1 fully saturated rings. The van der Waals surface area contributed by atoms with Gasteiger partial charge in [0.15, 0.2) is 5.69 Å². The van der Waals surface area contributed by atoms with Gasteiger partial charge in [0, 0.05) is 18.0 Å². The standard InChI is InChI=1S/C16H18F3N3S/c1-10-4-3-7-22(9-10)15-20-12(13-6-5-11(2)23-13)8-14(21-15)16(17,18)19/h5-6,8,10H,3-4,7,9H2,1-2H3/t10-/m1/s1. The molecule has 3 nitrogen and oxygen atoms in total. The molecule has 2 aromatic rings. The van der Waals surface area contributed by atoms with Crippen LogP contribution in [0.2, 0.25) is 0 Å². The van der Waals surface area contributed by atoms with E-state index in [1.807, 2.05) is 24.0 Å². The van der Waals surface area contributed by atoms with Crippen molar-refractivity contribution in [1.29, 1.82) is 0 Å².